The van der Waals surface area contributed by atoms with Gasteiger partial charge in [-0.2, -0.15) is 13.2 Å². The van der Waals surface area contributed by atoms with Gasteiger partial charge in [-0.1, -0.05) is 25.0 Å². The Morgan fingerprint density at radius 1 is 1.08 bits per heavy atom. The van der Waals surface area contributed by atoms with Crippen LogP contribution in [0.15, 0.2) is 24.3 Å². The van der Waals surface area contributed by atoms with Gasteiger partial charge < -0.3 is 15.1 Å². The molecule has 1 aliphatic heterocycles. The summed E-state index contributed by atoms with van der Waals surface area (Å²) in [6, 6.07) is 4.85. The van der Waals surface area contributed by atoms with E-state index in [4.69, 9.17) is 0 Å². The number of benzene rings is 1. The van der Waals surface area contributed by atoms with Gasteiger partial charge in [0.2, 0.25) is 0 Å². The van der Waals surface area contributed by atoms with Crippen molar-refractivity contribution in [3.8, 4) is 0 Å². The number of halogens is 3. The molecule has 1 fully saturated rings. The number of amides is 2. The molecule has 5 nitrogen and oxygen atoms in total. The topological polar surface area (TPSA) is 53.9 Å². The summed E-state index contributed by atoms with van der Waals surface area (Å²) in [4.78, 5) is 26.9. The highest BCUT2D eigenvalue weighted by atomic mass is 19.4. The second kappa shape index (κ2) is 9.02. The zero-order valence-electron chi connectivity index (χ0n) is 14.9. The molecular formula is C18H25F3N3O2+. The molecule has 144 valence electrons. The van der Waals surface area contributed by atoms with Gasteiger partial charge in [0.15, 0.2) is 13.1 Å². The van der Waals surface area contributed by atoms with Crippen LogP contribution in [0, 0.1) is 0 Å². The molecule has 2 rings (SSSR count). The van der Waals surface area contributed by atoms with E-state index in [1.54, 1.807) is 7.05 Å². The Hall–Kier alpha value is -2.09. The van der Waals surface area contributed by atoms with Gasteiger partial charge in [-0.05, 0) is 25.0 Å². The number of likely N-dealkylation sites (tertiary alicyclic amines) is 1. The van der Waals surface area contributed by atoms with Crippen molar-refractivity contribution in [3.05, 3.63) is 29.8 Å². The number of hydrogen-bond acceptors (Lipinski definition) is 2. The normalized spacial score (nSPS) is 16.7. The Balaban J connectivity index is 1.88. The second-order valence-electron chi connectivity index (χ2n) is 6.70. The monoisotopic (exact) mass is 372 g/mol. The summed E-state index contributed by atoms with van der Waals surface area (Å²) in [5, 5.41) is 2.31. The number of likely N-dealkylation sites (N-methyl/N-ethyl adjacent to an activating group) is 1. The molecule has 0 aliphatic carbocycles. The third kappa shape index (κ3) is 6.01. The van der Waals surface area contributed by atoms with E-state index in [0.29, 0.717) is 4.90 Å². The van der Waals surface area contributed by atoms with Crippen LogP contribution in [0.1, 0.15) is 31.2 Å². The van der Waals surface area contributed by atoms with E-state index >= 15 is 0 Å². The van der Waals surface area contributed by atoms with Crippen molar-refractivity contribution in [1.29, 1.82) is 0 Å². The van der Waals surface area contributed by atoms with Crippen LogP contribution in [0.3, 0.4) is 0 Å². The average molecular weight is 372 g/mol. The van der Waals surface area contributed by atoms with Gasteiger partial charge in [0.1, 0.15) is 0 Å². The van der Waals surface area contributed by atoms with Crippen LogP contribution in [-0.2, 0) is 15.8 Å². The number of carbonyl (C=O) groups excluding carboxylic acids is 2. The van der Waals surface area contributed by atoms with Gasteiger partial charge >= 0.3 is 6.18 Å². The fourth-order valence-electron chi connectivity index (χ4n) is 3.06. The molecule has 0 saturated carbocycles. The van der Waals surface area contributed by atoms with Gasteiger partial charge in [-0.3, -0.25) is 9.59 Å². The molecule has 8 heteroatoms. The predicted molar refractivity (Wildman–Crippen MR) is 91.7 cm³/mol. The fourth-order valence-corrected chi connectivity index (χ4v) is 3.06. The molecule has 0 bridgehead atoms. The first-order chi connectivity index (χ1) is 12.3. The third-order valence-electron chi connectivity index (χ3n) is 4.38. The Kier molecular flexibility index (Phi) is 7.02. The van der Waals surface area contributed by atoms with Crippen molar-refractivity contribution in [2.24, 2.45) is 0 Å². The molecule has 0 aromatic heterocycles. The predicted octanol–water partition coefficient (Wildman–Crippen LogP) is 1.56. The molecule has 1 heterocycles. The third-order valence-corrected chi connectivity index (χ3v) is 4.38. The Bertz CT molecular complexity index is 626. The molecule has 26 heavy (non-hydrogen) atoms. The standard InChI is InChI=1S/C18H24F3N3O2/c1-23(13-17(26)24-10-6-2-3-7-11-24)12-16(25)22-15-9-5-4-8-14(15)18(19,20)21/h4-5,8-9H,2-3,6-7,10-13H2,1H3,(H,22,25)/p+1. The minimum atomic E-state index is -4.54. The maximum Gasteiger partial charge on any atom is 0.418 e. The van der Waals surface area contributed by atoms with Gasteiger partial charge in [-0.25, -0.2) is 0 Å². The van der Waals surface area contributed by atoms with E-state index in [1.165, 1.54) is 18.2 Å². The summed E-state index contributed by atoms with van der Waals surface area (Å²) in [6.07, 6.45) is -0.328. The number of hydrogen-bond donors (Lipinski definition) is 2. The molecule has 2 N–H and O–H groups in total. The van der Waals surface area contributed by atoms with Crippen molar-refractivity contribution < 1.29 is 27.7 Å². The number of nitrogens with one attached hydrogen (secondary N) is 2. The molecule has 1 aromatic rings. The van der Waals surface area contributed by atoms with E-state index in [0.717, 1.165) is 44.8 Å². The molecule has 0 radical (unpaired) electrons. The smallest absolute Gasteiger partial charge is 0.338 e. The molecule has 1 saturated heterocycles. The Morgan fingerprint density at radius 2 is 1.69 bits per heavy atom. The van der Waals surface area contributed by atoms with Crippen molar-refractivity contribution in [3.63, 3.8) is 0 Å². The maximum atomic E-state index is 13.0. The van der Waals surface area contributed by atoms with Crippen molar-refractivity contribution >= 4 is 17.5 Å². The first-order valence-electron chi connectivity index (χ1n) is 8.82. The SMILES string of the molecule is C[NH+](CC(=O)Nc1ccccc1C(F)(F)F)CC(=O)N1CCCCCC1. The highest BCUT2D eigenvalue weighted by Crippen LogP contribution is 2.34. The van der Waals surface area contributed by atoms with Crippen LogP contribution in [-0.4, -0.2) is 49.9 Å². The van der Waals surface area contributed by atoms with Crippen LogP contribution in [0.2, 0.25) is 0 Å². The van der Waals surface area contributed by atoms with E-state index in [2.05, 4.69) is 5.32 Å². The van der Waals surface area contributed by atoms with Crippen molar-refractivity contribution in [2.75, 3.05) is 38.5 Å². The Labute approximate surface area is 151 Å². The molecule has 2 amide bonds. The lowest BCUT2D eigenvalue weighted by Crippen LogP contribution is -3.11. The summed E-state index contributed by atoms with van der Waals surface area (Å²) in [5.74, 6) is -0.573. The van der Waals surface area contributed by atoms with Gasteiger partial charge in [-0.15, -0.1) is 0 Å². The molecule has 1 unspecified atom stereocenters. The van der Waals surface area contributed by atoms with Crippen molar-refractivity contribution in [1.82, 2.24) is 4.90 Å². The molecule has 0 spiro atoms. The number of rotatable bonds is 5. The summed E-state index contributed by atoms with van der Waals surface area (Å²) in [7, 11) is 1.69. The first-order valence-corrected chi connectivity index (χ1v) is 8.82. The van der Waals surface area contributed by atoms with Crippen LogP contribution in [0.5, 0.6) is 0 Å². The number of nitrogens with zero attached hydrogens (tertiary/aromatic N) is 1. The lowest BCUT2D eigenvalue weighted by atomic mass is 10.1. The number of anilines is 1. The van der Waals surface area contributed by atoms with E-state index in [1.807, 2.05) is 4.90 Å². The minimum Gasteiger partial charge on any atom is -0.338 e. The zero-order valence-corrected chi connectivity index (χ0v) is 14.9. The van der Waals surface area contributed by atoms with Crippen LogP contribution < -0.4 is 10.2 Å². The number of alkyl halides is 3. The lowest BCUT2D eigenvalue weighted by Gasteiger charge is -2.22. The first kappa shape index (κ1) is 20.2. The number of carbonyl (C=O) groups is 2. The molecule has 1 atom stereocenters. The Morgan fingerprint density at radius 3 is 2.31 bits per heavy atom. The van der Waals surface area contributed by atoms with E-state index in [9.17, 15) is 22.8 Å². The van der Waals surface area contributed by atoms with Crippen LogP contribution in [0.25, 0.3) is 0 Å². The molecule has 1 aromatic carbocycles. The second-order valence-corrected chi connectivity index (χ2v) is 6.70. The average Bonchev–Trinajstić information content (AvgIpc) is 2.83. The lowest BCUT2D eigenvalue weighted by molar-refractivity contribution is -0.862. The fraction of sp³-hybridized carbons (Fsp3) is 0.556. The number of para-hydroxylation sites is 1. The zero-order chi connectivity index (χ0) is 19.2. The maximum absolute atomic E-state index is 13.0. The van der Waals surface area contributed by atoms with Gasteiger partial charge in [0.25, 0.3) is 11.8 Å². The summed E-state index contributed by atoms with van der Waals surface area (Å²) in [6.45, 7) is 1.54. The summed E-state index contributed by atoms with van der Waals surface area (Å²) < 4.78 is 38.9. The van der Waals surface area contributed by atoms with Gasteiger partial charge in [0.05, 0.1) is 18.3 Å². The summed E-state index contributed by atoms with van der Waals surface area (Å²) in [5.41, 5.74) is -1.15. The highest BCUT2D eigenvalue weighted by Gasteiger charge is 2.33. The molecule has 1 aliphatic rings. The van der Waals surface area contributed by atoms with Gasteiger partial charge in [0, 0.05) is 13.1 Å². The van der Waals surface area contributed by atoms with Crippen LogP contribution in [0.4, 0.5) is 18.9 Å². The highest BCUT2D eigenvalue weighted by molar-refractivity contribution is 5.92. The molecular weight excluding hydrogens is 347 g/mol. The number of quaternary nitrogens is 1. The largest absolute Gasteiger partial charge is 0.418 e. The summed E-state index contributed by atoms with van der Waals surface area (Å²) >= 11 is 0. The quantitative estimate of drug-likeness (QED) is 0.824. The van der Waals surface area contributed by atoms with Crippen LogP contribution >= 0.6 is 0 Å². The van der Waals surface area contributed by atoms with Crippen molar-refractivity contribution in [2.45, 2.75) is 31.9 Å². The van der Waals surface area contributed by atoms with E-state index < -0.39 is 17.6 Å². The minimum absolute atomic E-state index is 0.0205. The van der Waals surface area contributed by atoms with E-state index in [-0.39, 0.29) is 24.7 Å².